The van der Waals surface area contributed by atoms with Crippen molar-refractivity contribution in [1.82, 2.24) is 40.4 Å². The summed E-state index contributed by atoms with van der Waals surface area (Å²) in [7, 11) is 0. The van der Waals surface area contributed by atoms with Crippen molar-refractivity contribution in [2.75, 3.05) is 68.7 Å². The van der Waals surface area contributed by atoms with Gasteiger partial charge in [0.15, 0.2) is 0 Å². The summed E-state index contributed by atoms with van der Waals surface area (Å²) >= 11 is 6.26. The molecule has 342 valence electrons. The summed E-state index contributed by atoms with van der Waals surface area (Å²) in [4.78, 5) is 65.8. The number of rotatable bonds is 10. The van der Waals surface area contributed by atoms with E-state index < -0.39 is 11.9 Å². The second-order valence-corrected chi connectivity index (χ2v) is 20.1. The molecule has 16 nitrogen and oxygen atoms in total. The van der Waals surface area contributed by atoms with Crippen molar-refractivity contribution in [3.8, 4) is 11.8 Å². The molecule has 1 unspecified atom stereocenters. The Hall–Kier alpha value is -5.63. The van der Waals surface area contributed by atoms with Crippen LogP contribution in [0.3, 0.4) is 0 Å². The lowest BCUT2D eigenvalue weighted by atomic mass is 9.49. The molecule has 17 heteroatoms. The van der Waals surface area contributed by atoms with Crippen LogP contribution in [0.4, 0.5) is 11.5 Å². The predicted molar refractivity (Wildman–Crippen MR) is 247 cm³/mol. The molecular formula is C48H58ClN11O5. The molecule has 3 amide bonds. The summed E-state index contributed by atoms with van der Waals surface area (Å²) < 4.78 is 7.51. The van der Waals surface area contributed by atoms with Crippen molar-refractivity contribution >= 4 is 51.7 Å². The Kier molecular flexibility index (Phi) is 12.3. The van der Waals surface area contributed by atoms with Crippen molar-refractivity contribution in [3.63, 3.8) is 0 Å². The normalized spacial score (nSPS) is 24.3. The fraction of sp³-hybridized carbons (Fsp3) is 0.542. The minimum absolute atomic E-state index is 0.136. The largest absolute Gasteiger partial charge is 0.489 e. The molecule has 0 bridgehead atoms. The highest BCUT2D eigenvalue weighted by Gasteiger charge is 2.64. The fourth-order valence-corrected chi connectivity index (χ4v) is 11.6. The van der Waals surface area contributed by atoms with Crippen LogP contribution in [0.25, 0.3) is 10.9 Å². The second-order valence-electron chi connectivity index (χ2n) is 19.7. The third-order valence-electron chi connectivity index (χ3n) is 14.8. The van der Waals surface area contributed by atoms with Crippen LogP contribution in [0.5, 0.6) is 5.75 Å². The number of amides is 3. The molecule has 2 aromatic heterocycles. The van der Waals surface area contributed by atoms with Crippen molar-refractivity contribution in [2.45, 2.75) is 90.4 Å². The summed E-state index contributed by atoms with van der Waals surface area (Å²) in [5.41, 5.74) is 1.30. The van der Waals surface area contributed by atoms with E-state index in [1.165, 1.54) is 0 Å². The first kappa shape index (κ1) is 44.6. The molecule has 5 fully saturated rings. The Labute approximate surface area is 384 Å². The lowest BCUT2D eigenvalue weighted by Crippen LogP contribution is -2.74. The van der Waals surface area contributed by atoms with Gasteiger partial charge in [0.05, 0.1) is 21.5 Å². The van der Waals surface area contributed by atoms with Gasteiger partial charge in [-0.15, -0.1) is 5.10 Å². The van der Waals surface area contributed by atoms with E-state index in [0.717, 1.165) is 101 Å². The van der Waals surface area contributed by atoms with Gasteiger partial charge < -0.3 is 24.8 Å². The van der Waals surface area contributed by atoms with E-state index in [4.69, 9.17) is 21.3 Å². The Morgan fingerprint density at radius 2 is 1.62 bits per heavy atom. The number of piperazine rings is 1. The number of nitrogens with one attached hydrogen (secondary N) is 2. The second kappa shape index (κ2) is 18.0. The first-order chi connectivity index (χ1) is 31.2. The summed E-state index contributed by atoms with van der Waals surface area (Å²) in [5.74, 6) is 1.13. The van der Waals surface area contributed by atoms with Crippen LogP contribution < -0.4 is 30.7 Å². The van der Waals surface area contributed by atoms with E-state index in [9.17, 15) is 24.4 Å². The number of halogens is 1. The van der Waals surface area contributed by atoms with Gasteiger partial charge in [0.2, 0.25) is 5.91 Å². The number of imide groups is 1. The number of carbonyl (C=O) groups excluding carboxylic acids is 3. The highest BCUT2D eigenvalue weighted by Crippen LogP contribution is 2.55. The third kappa shape index (κ3) is 8.90. The Balaban J connectivity index is 0.702. The van der Waals surface area contributed by atoms with E-state index in [2.05, 4.69) is 74.3 Å². The average molecular weight is 905 g/mol. The number of fused-ring (bicyclic) bond motifs is 1. The highest BCUT2D eigenvalue weighted by molar-refractivity contribution is 6.31. The minimum Gasteiger partial charge on any atom is -0.489 e. The molecule has 0 radical (unpaired) electrons. The van der Waals surface area contributed by atoms with E-state index in [1.807, 2.05) is 30.3 Å². The lowest BCUT2D eigenvalue weighted by molar-refractivity contribution is -0.164. The predicted octanol–water partition coefficient (Wildman–Crippen LogP) is 4.80. The van der Waals surface area contributed by atoms with Crippen LogP contribution in [0.2, 0.25) is 5.02 Å². The number of nitrogens with zero attached hydrogens (tertiary/aromatic N) is 9. The van der Waals surface area contributed by atoms with Crippen molar-refractivity contribution in [1.29, 1.82) is 5.26 Å². The van der Waals surface area contributed by atoms with Crippen LogP contribution >= 0.6 is 11.6 Å². The van der Waals surface area contributed by atoms with E-state index in [0.29, 0.717) is 44.8 Å². The molecule has 5 aliphatic rings. The fourth-order valence-electron chi connectivity index (χ4n) is 11.4. The number of benzene rings is 2. The Morgan fingerprint density at radius 3 is 2.28 bits per heavy atom. The average Bonchev–Trinajstić information content (AvgIpc) is 3.31. The molecule has 4 saturated heterocycles. The molecule has 2 N–H and O–H groups in total. The monoisotopic (exact) mass is 903 g/mol. The molecule has 1 aliphatic carbocycles. The molecule has 4 aliphatic heterocycles. The maximum atomic E-state index is 13.5. The molecular weight excluding hydrogens is 846 g/mol. The molecule has 0 spiro atoms. The van der Waals surface area contributed by atoms with Crippen molar-refractivity contribution in [3.05, 3.63) is 81.2 Å². The number of pyridine rings is 1. The maximum Gasteiger partial charge on any atom is 0.278 e. The van der Waals surface area contributed by atoms with Gasteiger partial charge in [0, 0.05) is 106 Å². The van der Waals surface area contributed by atoms with Crippen LogP contribution in [0.1, 0.15) is 88.2 Å². The van der Waals surface area contributed by atoms with Gasteiger partial charge in [-0.25, -0.2) is 4.98 Å². The quantitative estimate of drug-likeness (QED) is 0.207. The number of ether oxygens (including phenoxy) is 1. The minimum atomic E-state index is -0.844. The molecule has 6 heterocycles. The number of nitriles is 1. The zero-order valence-electron chi connectivity index (χ0n) is 37.6. The van der Waals surface area contributed by atoms with Gasteiger partial charge in [-0.3, -0.25) is 29.4 Å². The molecule has 9 rings (SSSR count). The third-order valence-corrected chi connectivity index (χ3v) is 15.1. The van der Waals surface area contributed by atoms with Gasteiger partial charge >= 0.3 is 0 Å². The van der Waals surface area contributed by atoms with Crippen LogP contribution in [-0.4, -0.2) is 125 Å². The first-order valence-electron chi connectivity index (χ1n) is 23.0. The van der Waals surface area contributed by atoms with Gasteiger partial charge in [-0.2, -0.15) is 9.94 Å². The highest BCUT2D eigenvalue weighted by atomic mass is 35.5. The first-order valence-corrected chi connectivity index (χ1v) is 23.4. The topological polar surface area (TPSA) is 182 Å². The molecule has 1 saturated carbocycles. The Bertz CT molecular complexity index is 2540. The van der Waals surface area contributed by atoms with Gasteiger partial charge in [0.1, 0.15) is 35.3 Å². The van der Waals surface area contributed by atoms with E-state index >= 15 is 0 Å². The number of aromatic nitrogens is 4. The number of piperidine rings is 3. The number of anilines is 2. The smallest absolute Gasteiger partial charge is 0.278 e. The summed E-state index contributed by atoms with van der Waals surface area (Å²) in [6.45, 7) is 17.5. The Morgan fingerprint density at radius 1 is 0.892 bits per heavy atom. The zero-order valence-corrected chi connectivity index (χ0v) is 38.4. The van der Waals surface area contributed by atoms with E-state index in [-0.39, 0.29) is 53.2 Å². The lowest BCUT2D eigenvalue weighted by Gasteiger charge is -2.63. The number of hydrogen-bond donors (Lipinski definition) is 2. The van der Waals surface area contributed by atoms with Gasteiger partial charge in [-0.1, -0.05) is 44.5 Å². The van der Waals surface area contributed by atoms with Crippen LogP contribution in [-0.2, 0) is 9.59 Å². The number of hydrogen-bond acceptors (Lipinski definition) is 13. The van der Waals surface area contributed by atoms with Crippen molar-refractivity contribution < 1.29 is 19.1 Å². The van der Waals surface area contributed by atoms with Crippen molar-refractivity contribution in [2.24, 2.45) is 16.7 Å². The standard InChI is InChI=1S/C48H58ClN11O5/c1-47(2)45(48(3,4)46(47)65-35-8-5-31(27-50)37(49)26-35)53-42(62)32-6-11-40(51-28-32)59-17-13-30(14-18-59)29-56-21-23-58(24-22-56)33-15-19-57(20-16-33)34-7-9-38-36(25-34)44(64)60(55-54-38)39-10-12-41(61)52-43(39)63/h5-9,11,25-26,28,30,33,39,45-46H,10,12-24,29H2,1-4H3,(H,53,62)(H,52,61,63)/t39?,45-,46-. The van der Waals surface area contributed by atoms with Gasteiger partial charge in [0.25, 0.3) is 17.4 Å². The SMILES string of the molecule is CC1(C)[C@H](NC(=O)c2ccc(N3CCC(CN4CCN(C5CCN(c6ccc7nnn(C8CCC(=O)NC8=O)c(=O)c7c6)CC5)CC4)CC3)nc2)C(C)(C)[C@H]1Oc1ccc(C#N)c(Cl)c1. The maximum absolute atomic E-state index is 13.5. The van der Waals surface area contributed by atoms with Crippen LogP contribution in [0.15, 0.2) is 59.5 Å². The summed E-state index contributed by atoms with van der Waals surface area (Å²) in [6.07, 6.45) is 6.22. The summed E-state index contributed by atoms with van der Waals surface area (Å²) in [5, 5.41) is 23.8. The van der Waals surface area contributed by atoms with Gasteiger partial charge in [-0.05, 0) is 80.5 Å². The number of carbonyl (C=O) groups is 3. The molecule has 1 atom stereocenters. The molecule has 2 aromatic carbocycles. The van der Waals surface area contributed by atoms with Crippen LogP contribution in [0, 0.1) is 28.1 Å². The molecule has 4 aromatic rings. The zero-order chi connectivity index (χ0) is 45.6. The van der Waals surface area contributed by atoms with E-state index in [1.54, 1.807) is 24.4 Å². The molecule has 65 heavy (non-hydrogen) atoms. The summed E-state index contributed by atoms with van der Waals surface area (Å²) in [6, 6.07) is 16.3.